The summed E-state index contributed by atoms with van der Waals surface area (Å²) in [7, 11) is 0. The topological polar surface area (TPSA) is 57.5 Å². The first-order valence-electron chi connectivity index (χ1n) is 6.63. The Morgan fingerprint density at radius 1 is 1.44 bits per heavy atom. The van der Waals surface area contributed by atoms with E-state index in [-0.39, 0.29) is 17.8 Å². The van der Waals surface area contributed by atoms with Crippen molar-refractivity contribution in [1.82, 2.24) is 0 Å². The van der Waals surface area contributed by atoms with E-state index in [1.54, 1.807) is 0 Å². The Morgan fingerprint density at radius 3 is 2.67 bits per heavy atom. The number of allylic oxidation sites excluding steroid dienone is 3. The molecule has 0 aromatic rings. The lowest BCUT2D eigenvalue weighted by Crippen LogP contribution is -2.43. The largest absolute Gasteiger partial charge is 0.478 e. The van der Waals surface area contributed by atoms with Crippen molar-refractivity contribution >= 4 is 5.97 Å². The molecular formula is C15H22O3. The van der Waals surface area contributed by atoms with Gasteiger partial charge in [0.1, 0.15) is 0 Å². The summed E-state index contributed by atoms with van der Waals surface area (Å²) in [4.78, 5) is 11.3. The molecule has 0 spiro atoms. The average molecular weight is 250 g/mol. The third kappa shape index (κ3) is 2.37. The van der Waals surface area contributed by atoms with Crippen molar-refractivity contribution in [1.29, 1.82) is 0 Å². The van der Waals surface area contributed by atoms with Gasteiger partial charge in [-0.1, -0.05) is 17.7 Å². The van der Waals surface area contributed by atoms with Crippen LogP contribution < -0.4 is 0 Å². The van der Waals surface area contributed by atoms with Crippen LogP contribution in [0.2, 0.25) is 0 Å². The summed E-state index contributed by atoms with van der Waals surface area (Å²) in [6, 6.07) is 0. The zero-order valence-electron chi connectivity index (χ0n) is 11.3. The Bertz CT molecular complexity index is 412. The van der Waals surface area contributed by atoms with Crippen LogP contribution in [0.15, 0.2) is 23.3 Å². The molecule has 2 N–H and O–H groups in total. The number of aliphatic hydroxyl groups is 1. The number of aliphatic carboxylic acids is 1. The van der Waals surface area contributed by atoms with Crippen LogP contribution >= 0.6 is 0 Å². The summed E-state index contributed by atoms with van der Waals surface area (Å²) < 4.78 is 0. The molecule has 0 heterocycles. The van der Waals surface area contributed by atoms with Crippen molar-refractivity contribution in [3.8, 4) is 0 Å². The minimum atomic E-state index is -0.799. The molecule has 2 aliphatic carbocycles. The highest BCUT2D eigenvalue weighted by Gasteiger charge is 2.43. The summed E-state index contributed by atoms with van der Waals surface area (Å²) in [6.45, 7) is 5.74. The van der Waals surface area contributed by atoms with Gasteiger partial charge in [-0.2, -0.15) is 0 Å². The lowest BCUT2D eigenvalue weighted by atomic mass is 9.62. The fraction of sp³-hybridized carbons (Fsp3) is 0.667. The molecule has 0 aromatic heterocycles. The Labute approximate surface area is 108 Å². The SMILES string of the molecule is CC1=C[C@H]2[C@@H](CC1)C(C(=O)O)=CC[C@@H]2C(C)(C)O. The van der Waals surface area contributed by atoms with Gasteiger partial charge in [0.05, 0.1) is 5.60 Å². The number of carboxylic acid groups (broad SMARTS) is 1. The van der Waals surface area contributed by atoms with Crippen molar-refractivity contribution in [2.75, 3.05) is 0 Å². The fourth-order valence-corrected chi connectivity index (χ4v) is 3.43. The van der Waals surface area contributed by atoms with Gasteiger partial charge in [0.2, 0.25) is 0 Å². The molecule has 2 rings (SSSR count). The van der Waals surface area contributed by atoms with E-state index in [4.69, 9.17) is 0 Å². The second-order valence-corrected chi connectivity index (χ2v) is 6.20. The molecule has 2 aliphatic rings. The zero-order chi connectivity index (χ0) is 13.5. The van der Waals surface area contributed by atoms with Crippen molar-refractivity contribution < 1.29 is 15.0 Å². The predicted molar refractivity (Wildman–Crippen MR) is 70.1 cm³/mol. The smallest absolute Gasteiger partial charge is 0.331 e. The summed E-state index contributed by atoms with van der Waals surface area (Å²) in [5.41, 5.74) is 1.10. The summed E-state index contributed by atoms with van der Waals surface area (Å²) >= 11 is 0. The molecule has 3 heteroatoms. The Hall–Kier alpha value is -1.09. The van der Waals surface area contributed by atoms with E-state index in [9.17, 15) is 15.0 Å². The molecule has 3 nitrogen and oxygen atoms in total. The molecular weight excluding hydrogens is 228 g/mol. The molecule has 0 bridgehead atoms. The van der Waals surface area contributed by atoms with Gasteiger partial charge in [0.15, 0.2) is 0 Å². The van der Waals surface area contributed by atoms with E-state index >= 15 is 0 Å². The van der Waals surface area contributed by atoms with Gasteiger partial charge in [-0.25, -0.2) is 4.79 Å². The Kier molecular flexibility index (Phi) is 3.37. The van der Waals surface area contributed by atoms with E-state index in [0.717, 1.165) is 12.8 Å². The standard InChI is InChI=1S/C15H22O3/c1-9-4-5-10-11(14(16)17)6-7-13(12(10)8-9)15(2,3)18/h6,8,10,12-13,18H,4-5,7H2,1-3H3,(H,16,17)/t10-,12-,13-/m0/s1. The Morgan fingerprint density at radius 2 is 2.11 bits per heavy atom. The molecule has 0 saturated heterocycles. The highest BCUT2D eigenvalue weighted by atomic mass is 16.4. The molecule has 0 aromatic carbocycles. The molecule has 0 saturated carbocycles. The van der Waals surface area contributed by atoms with Gasteiger partial charge in [-0.15, -0.1) is 0 Å². The fourth-order valence-electron chi connectivity index (χ4n) is 3.43. The van der Waals surface area contributed by atoms with Gasteiger partial charge in [-0.3, -0.25) is 0 Å². The van der Waals surface area contributed by atoms with E-state index < -0.39 is 11.6 Å². The number of rotatable bonds is 2. The molecule has 0 fully saturated rings. The van der Waals surface area contributed by atoms with Crippen LogP contribution in [-0.4, -0.2) is 21.8 Å². The van der Waals surface area contributed by atoms with Gasteiger partial charge < -0.3 is 10.2 Å². The molecule has 0 amide bonds. The second-order valence-electron chi connectivity index (χ2n) is 6.20. The zero-order valence-corrected chi connectivity index (χ0v) is 11.3. The maximum absolute atomic E-state index is 11.3. The summed E-state index contributed by atoms with van der Waals surface area (Å²) in [6.07, 6.45) is 6.51. The first kappa shape index (κ1) is 13.3. The average Bonchev–Trinajstić information content (AvgIpc) is 2.25. The monoisotopic (exact) mass is 250 g/mol. The van der Waals surface area contributed by atoms with Crippen LogP contribution in [0.5, 0.6) is 0 Å². The molecule has 100 valence electrons. The van der Waals surface area contributed by atoms with Crippen LogP contribution in [0.1, 0.15) is 40.0 Å². The van der Waals surface area contributed by atoms with Crippen molar-refractivity contribution in [2.24, 2.45) is 17.8 Å². The third-order valence-corrected chi connectivity index (χ3v) is 4.40. The van der Waals surface area contributed by atoms with Crippen LogP contribution in [0.3, 0.4) is 0 Å². The number of fused-ring (bicyclic) bond motifs is 1. The van der Waals surface area contributed by atoms with Crippen LogP contribution in [0, 0.1) is 17.8 Å². The first-order valence-corrected chi connectivity index (χ1v) is 6.63. The van der Waals surface area contributed by atoms with Crippen molar-refractivity contribution in [3.05, 3.63) is 23.3 Å². The number of carboxylic acids is 1. The van der Waals surface area contributed by atoms with Gasteiger partial charge in [0.25, 0.3) is 0 Å². The van der Waals surface area contributed by atoms with Crippen LogP contribution in [0.4, 0.5) is 0 Å². The number of hydrogen-bond donors (Lipinski definition) is 2. The van der Waals surface area contributed by atoms with Crippen LogP contribution in [0.25, 0.3) is 0 Å². The first-order chi connectivity index (χ1) is 8.30. The summed E-state index contributed by atoms with van der Waals surface area (Å²) in [5, 5.41) is 19.6. The Balaban J connectivity index is 2.39. The minimum Gasteiger partial charge on any atom is -0.478 e. The number of carbonyl (C=O) groups is 1. The van der Waals surface area contributed by atoms with E-state index in [1.165, 1.54) is 5.57 Å². The minimum absolute atomic E-state index is 0.0661. The highest BCUT2D eigenvalue weighted by Crippen LogP contribution is 2.46. The van der Waals surface area contributed by atoms with Gasteiger partial charge in [-0.05, 0) is 57.8 Å². The summed E-state index contributed by atoms with van der Waals surface area (Å²) in [5.74, 6) is -0.459. The highest BCUT2D eigenvalue weighted by molar-refractivity contribution is 5.87. The quantitative estimate of drug-likeness (QED) is 0.741. The van der Waals surface area contributed by atoms with E-state index in [0.29, 0.717) is 12.0 Å². The lowest BCUT2D eigenvalue weighted by Gasteiger charge is -2.43. The molecule has 0 radical (unpaired) electrons. The van der Waals surface area contributed by atoms with Crippen molar-refractivity contribution in [2.45, 2.75) is 45.6 Å². The molecule has 0 unspecified atom stereocenters. The van der Waals surface area contributed by atoms with Crippen molar-refractivity contribution in [3.63, 3.8) is 0 Å². The maximum Gasteiger partial charge on any atom is 0.331 e. The molecule has 0 aliphatic heterocycles. The normalized spacial score (nSPS) is 32.3. The van der Waals surface area contributed by atoms with Gasteiger partial charge in [0, 0.05) is 5.57 Å². The van der Waals surface area contributed by atoms with Crippen LogP contribution in [-0.2, 0) is 4.79 Å². The molecule has 18 heavy (non-hydrogen) atoms. The predicted octanol–water partition coefficient (Wildman–Crippen LogP) is 2.76. The van der Waals surface area contributed by atoms with Gasteiger partial charge >= 0.3 is 5.97 Å². The third-order valence-electron chi connectivity index (χ3n) is 4.40. The maximum atomic E-state index is 11.3. The van der Waals surface area contributed by atoms with E-state index in [2.05, 4.69) is 13.0 Å². The number of hydrogen-bond acceptors (Lipinski definition) is 2. The lowest BCUT2D eigenvalue weighted by molar-refractivity contribution is -0.134. The van der Waals surface area contributed by atoms with E-state index in [1.807, 2.05) is 19.9 Å². The second kappa shape index (κ2) is 4.54. The molecule has 3 atom stereocenters.